The Bertz CT molecular complexity index is 1440. The number of anilines is 2. The monoisotopic (exact) mass is 538 g/mol. The molecule has 7 nitrogen and oxygen atoms in total. The van der Waals surface area contributed by atoms with Crippen molar-refractivity contribution in [3.05, 3.63) is 65.2 Å². The number of rotatable bonds is 6. The van der Waals surface area contributed by atoms with E-state index in [4.69, 9.17) is 4.74 Å². The Kier molecular flexibility index (Phi) is 5.77. The van der Waals surface area contributed by atoms with Crippen LogP contribution in [0, 0.1) is 48.3 Å². The molecule has 2 aromatic carbocycles. The molecule has 7 atom stereocenters. The number of amides is 3. The van der Waals surface area contributed by atoms with Crippen molar-refractivity contribution in [2.45, 2.75) is 46.5 Å². The molecule has 7 heteroatoms. The number of carbonyl (C=O) groups is 4. The SMILES string of the molecule is CCc1cccc(CC)c1N1C[C@H](C(=O)Oc2ccc(N3C(=O)[C@@H]4[C@H]5C=C[C@@H]([C@@H]6C[C@H]56)[C@@H]4C3=O)c(C)c2)CC1=O. The van der Waals surface area contributed by atoms with E-state index >= 15 is 0 Å². The van der Waals surface area contributed by atoms with Crippen LogP contribution in [0.1, 0.15) is 43.4 Å². The van der Waals surface area contributed by atoms with Crippen LogP contribution in [0.15, 0.2) is 48.6 Å². The van der Waals surface area contributed by atoms with E-state index in [0.29, 0.717) is 28.8 Å². The van der Waals surface area contributed by atoms with Crippen LogP contribution in [-0.2, 0) is 32.0 Å². The fourth-order valence-corrected chi connectivity index (χ4v) is 7.98. The van der Waals surface area contributed by atoms with Gasteiger partial charge in [0.05, 0.1) is 23.4 Å². The zero-order chi connectivity index (χ0) is 27.9. The Labute approximate surface area is 234 Å². The summed E-state index contributed by atoms with van der Waals surface area (Å²) in [5, 5.41) is 0. The molecule has 2 heterocycles. The Balaban J connectivity index is 1.07. The summed E-state index contributed by atoms with van der Waals surface area (Å²) < 4.78 is 5.74. The van der Waals surface area contributed by atoms with E-state index in [9.17, 15) is 19.2 Å². The molecule has 4 aliphatic carbocycles. The van der Waals surface area contributed by atoms with Crippen LogP contribution >= 0.6 is 0 Å². The average molecular weight is 539 g/mol. The molecule has 0 spiro atoms. The molecule has 0 N–H and O–H groups in total. The molecule has 0 unspecified atom stereocenters. The Hall–Kier alpha value is -3.74. The number of benzene rings is 2. The van der Waals surface area contributed by atoms with Gasteiger partial charge in [-0.1, -0.05) is 44.2 Å². The fourth-order valence-electron chi connectivity index (χ4n) is 7.98. The first-order valence-corrected chi connectivity index (χ1v) is 14.6. The molecular weight excluding hydrogens is 504 g/mol. The Morgan fingerprint density at radius 2 is 1.55 bits per heavy atom. The van der Waals surface area contributed by atoms with E-state index in [1.165, 1.54) is 4.90 Å². The van der Waals surface area contributed by atoms with Crippen molar-refractivity contribution in [2.75, 3.05) is 16.3 Å². The van der Waals surface area contributed by atoms with Crippen molar-refractivity contribution in [1.29, 1.82) is 0 Å². The lowest BCUT2D eigenvalue weighted by atomic mass is 9.63. The molecule has 0 radical (unpaired) electrons. The number of imide groups is 1. The van der Waals surface area contributed by atoms with Crippen molar-refractivity contribution >= 4 is 35.1 Å². The molecule has 8 rings (SSSR count). The number of para-hydroxylation sites is 1. The van der Waals surface area contributed by atoms with Gasteiger partial charge in [-0.25, -0.2) is 4.90 Å². The minimum Gasteiger partial charge on any atom is -0.426 e. The highest BCUT2D eigenvalue weighted by atomic mass is 16.5. The second-order valence-corrected chi connectivity index (χ2v) is 12.1. The van der Waals surface area contributed by atoms with E-state index in [1.54, 1.807) is 23.1 Å². The van der Waals surface area contributed by atoms with Gasteiger partial charge in [-0.05, 0) is 84.7 Å². The van der Waals surface area contributed by atoms with Gasteiger partial charge in [-0.15, -0.1) is 0 Å². The van der Waals surface area contributed by atoms with Crippen molar-refractivity contribution < 1.29 is 23.9 Å². The third-order valence-corrected chi connectivity index (χ3v) is 9.98. The third-order valence-electron chi connectivity index (χ3n) is 9.98. The van der Waals surface area contributed by atoms with E-state index in [2.05, 4.69) is 26.0 Å². The molecule has 3 amide bonds. The van der Waals surface area contributed by atoms with E-state index < -0.39 is 11.9 Å². The maximum absolute atomic E-state index is 13.5. The Morgan fingerprint density at radius 1 is 0.925 bits per heavy atom. The van der Waals surface area contributed by atoms with Gasteiger partial charge in [0.1, 0.15) is 5.75 Å². The molecule has 2 aromatic rings. The van der Waals surface area contributed by atoms with Crippen LogP contribution in [-0.4, -0.2) is 30.2 Å². The molecule has 2 saturated carbocycles. The molecule has 6 aliphatic rings. The molecule has 4 fully saturated rings. The van der Waals surface area contributed by atoms with Crippen LogP contribution < -0.4 is 14.5 Å². The molecule has 2 bridgehead atoms. The third kappa shape index (κ3) is 3.62. The molecule has 2 saturated heterocycles. The summed E-state index contributed by atoms with van der Waals surface area (Å²) in [7, 11) is 0. The van der Waals surface area contributed by atoms with Gasteiger partial charge in [0.2, 0.25) is 17.7 Å². The van der Waals surface area contributed by atoms with Crippen LogP contribution in [0.3, 0.4) is 0 Å². The predicted molar refractivity (Wildman–Crippen MR) is 150 cm³/mol. The van der Waals surface area contributed by atoms with Gasteiger partial charge >= 0.3 is 5.97 Å². The highest BCUT2D eigenvalue weighted by Gasteiger charge is 2.67. The van der Waals surface area contributed by atoms with Crippen LogP contribution in [0.5, 0.6) is 5.75 Å². The van der Waals surface area contributed by atoms with Crippen LogP contribution in [0.4, 0.5) is 11.4 Å². The zero-order valence-electron chi connectivity index (χ0n) is 23.1. The van der Waals surface area contributed by atoms with Gasteiger partial charge in [-0.3, -0.25) is 19.2 Å². The molecule has 0 aromatic heterocycles. The first-order chi connectivity index (χ1) is 19.3. The minimum atomic E-state index is -0.568. The van der Waals surface area contributed by atoms with E-state index in [0.717, 1.165) is 36.1 Å². The number of hydrogen-bond acceptors (Lipinski definition) is 5. The normalized spacial score (nSPS) is 31.6. The summed E-state index contributed by atoms with van der Waals surface area (Å²) >= 11 is 0. The summed E-state index contributed by atoms with van der Waals surface area (Å²) in [5.41, 5.74) is 4.38. The summed E-state index contributed by atoms with van der Waals surface area (Å²) in [4.78, 5) is 56.3. The van der Waals surface area contributed by atoms with E-state index in [1.807, 2.05) is 25.1 Å². The highest BCUT2D eigenvalue weighted by Crippen LogP contribution is 2.65. The van der Waals surface area contributed by atoms with Gasteiger partial charge < -0.3 is 9.64 Å². The lowest BCUT2D eigenvalue weighted by molar-refractivity contribution is -0.139. The van der Waals surface area contributed by atoms with Gasteiger partial charge in [0, 0.05) is 18.7 Å². The lowest BCUT2D eigenvalue weighted by Gasteiger charge is -2.37. The molecule has 2 aliphatic heterocycles. The second-order valence-electron chi connectivity index (χ2n) is 12.1. The summed E-state index contributed by atoms with van der Waals surface area (Å²) in [6.07, 6.45) is 7.18. The van der Waals surface area contributed by atoms with Crippen molar-refractivity contribution in [3.8, 4) is 5.75 Å². The number of ether oxygens (including phenoxy) is 1. The van der Waals surface area contributed by atoms with Crippen LogP contribution in [0.2, 0.25) is 0 Å². The maximum Gasteiger partial charge on any atom is 0.316 e. The number of nitrogens with zero attached hydrogens (tertiary/aromatic N) is 2. The Morgan fingerprint density at radius 3 is 2.12 bits per heavy atom. The predicted octanol–water partition coefficient (Wildman–Crippen LogP) is 4.64. The molecule has 206 valence electrons. The van der Waals surface area contributed by atoms with Gasteiger partial charge in [-0.2, -0.15) is 0 Å². The highest BCUT2D eigenvalue weighted by molar-refractivity contribution is 6.23. The molecule has 40 heavy (non-hydrogen) atoms. The summed E-state index contributed by atoms with van der Waals surface area (Å²) in [6, 6.07) is 11.1. The fraction of sp³-hybridized carbons (Fsp3) is 0.455. The number of hydrogen-bond donors (Lipinski definition) is 0. The first-order valence-electron chi connectivity index (χ1n) is 14.6. The number of aryl methyl sites for hydroxylation is 3. The lowest BCUT2D eigenvalue weighted by Crippen LogP contribution is -2.40. The summed E-state index contributed by atoms with van der Waals surface area (Å²) in [6.45, 7) is 6.25. The standard InChI is InChI=1S/C33H34N2O5/c1-4-18-7-6-8-19(5-2)30(18)34-16-20(14-27(34)36)33(39)40-21-9-12-26(17(3)13-21)35-31(37)28-22-10-11-23(25-15-24(22)25)29(28)32(35)38/h6-13,20,22-25,28-29H,4-5,14-16H2,1-3H3/t20-,22+,23+,24-,25+,28-,29+/m1/s1. The minimum absolute atomic E-state index is 0.0716. The van der Waals surface area contributed by atoms with Crippen LogP contribution in [0.25, 0.3) is 0 Å². The largest absolute Gasteiger partial charge is 0.426 e. The number of carbonyl (C=O) groups excluding carboxylic acids is 4. The number of allylic oxidation sites excluding steroid dienone is 2. The maximum atomic E-state index is 13.5. The van der Waals surface area contributed by atoms with Gasteiger partial charge in [0.25, 0.3) is 0 Å². The number of esters is 1. The average Bonchev–Trinajstić information content (AvgIpc) is 3.64. The second kappa shape index (κ2) is 9.15. The van der Waals surface area contributed by atoms with Crippen molar-refractivity contribution in [1.82, 2.24) is 0 Å². The topological polar surface area (TPSA) is 84.0 Å². The quantitative estimate of drug-likeness (QED) is 0.232. The van der Waals surface area contributed by atoms with Crippen molar-refractivity contribution in [2.24, 2.45) is 41.4 Å². The molecular formula is C33H34N2O5. The smallest absolute Gasteiger partial charge is 0.316 e. The van der Waals surface area contributed by atoms with E-state index in [-0.39, 0.29) is 54.4 Å². The first kappa shape index (κ1) is 25.2. The van der Waals surface area contributed by atoms with Crippen molar-refractivity contribution in [3.63, 3.8) is 0 Å². The van der Waals surface area contributed by atoms with Gasteiger partial charge in [0.15, 0.2) is 0 Å². The zero-order valence-corrected chi connectivity index (χ0v) is 23.1. The summed E-state index contributed by atoms with van der Waals surface area (Å²) in [5.74, 6) is 0.00865.